The second-order valence-corrected chi connectivity index (χ2v) is 43.7. The number of phosphoric acid groups is 1. The topological polar surface area (TPSA) is 220 Å². The van der Waals surface area contributed by atoms with Gasteiger partial charge in [-0.3, -0.25) is 28.5 Å². The van der Waals surface area contributed by atoms with Gasteiger partial charge in [0.05, 0.1) is 43.8 Å². The fraction of sp³-hybridized carbons (Fsp3) is 0.947. The summed E-state index contributed by atoms with van der Waals surface area (Å²) in [5.41, 5.74) is 0. The van der Waals surface area contributed by atoms with E-state index in [4.69, 9.17) is 34.2 Å². The van der Waals surface area contributed by atoms with Crippen molar-refractivity contribution in [3.63, 3.8) is 0 Å². The van der Waals surface area contributed by atoms with Gasteiger partial charge in [-0.2, -0.15) is 0 Å². The predicted octanol–water partition coefficient (Wildman–Crippen LogP) is 21.8. The van der Waals surface area contributed by atoms with Crippen molar-refractivity contribution in [1.82, 2.24) is 0 Å². The summed E-state index contributed by atoms with van der Waals surface area (Å²) in [6.45, 7) is 49.4. The van der Waals surface area contributed by atoms with E-state index in [1.54, 1.807) is 32.1 Å². The highest BCUT2D eigenvalue weighted by molar-refractivity contribution is 7.46. The van der Waals surface area contributed by atoms with Gasteiger partial charge in [0.1, 0.15) is 13.2 Å². The van der Waals surface area contributed by atoms with Crippen LogP contribution in [-0.2, 0) is 47.3 Å². The summed E-state index contributed by atoms with van der Waals surface area (Å²) in [5.74, 6) is 32.8. The smallest absolute Gasteiger partial charge is 0.469 e. The van der Waals surface area contributed by atoms with Crippen LogP contribution in [-0.4, -0.2) is 76.8 Å². The molecular formula is C94H161O14P. The largest absolute Gasteiger partial charge is 0.481 e. The molecule has 0 heterocycles. The number of carbonyl (C=O) groups is 5. The van der Waals surface area contributed by atoms with Crippen molar-refractivity contribution < 1.29 is 67.3 Å². The number of methoxy groups -OCH3 is 1. The lowest BCUT2D eigenvalue weighted by Crippen LogP contribution is -2.31. The first-order valence-corrected chi connectivity index (χ1v) is 47.3. The lowest BCUT2D eigenvalue weighted by atomic mass is 9.76. The Labute approximate surface area is 663 Å². The molecule has 0 aliphatic heterocycles. The Morgan fingerprint density at radius 1 is 0.284 bits per heavy atom. The number of carbonyl (C=O) groups excluding carboxylic acids is 3. The number of phosphoric ester groups is 1. The van der Waals surface area contributed by atoms with Crippen LogP contribution in [0, 0.1) is 254 Å². The first kappa shape index (κ1) is 88.8. The summed E-state index contributed by atoms with van der Waals surface area (Å²) in [4.78, 5) is 73.4. The molecule has 0 aromatic carbocycles. The van der Waals surface area contributed by atoms with Gasteiger partial charge in [0.15, 0.2) is 0 Å². The van der Waals surface area contributed by atoms with Crippen molar-refractivity contribution in [3.05, 3.63) is 0 Å². The third kappa shape index (κ3) is 19.7. The van der Waals surface area contributed by atoms with Crippen LogP contribution >= 0.6 is 7.82 Å². The Morgan fingerprint density at radius 2 is 0.523 bits per heavy atom. The normalized spacial score (nSPS) is 49.9. The number of carboxylic acid groups (broad SMARTS) is 2. The first-order chi connectivity index (χ1) is 51.2. The highest BCUT2D eigenvalue weighted by Crippen LogP contribution is 2.61. The number of esters is 3. The Hall–Kier alpha value is -2.54. The van der Waals surface area contributed by atoms with Gasteiger partial charge in [0.2, 0.25) is 0 Å². The van der Waals surface area contributed by atoms with Gasteiger partial charge in [-0.15, -0.1) is 0 Å². The Morgan fingerprint density at radius 3 is 0.734 bits per heavy atom. The van der Waals surface area contributed by atoms with E-state index in [-0.39, 0.29) is 67.8 Å². The predicted molar refractivity (Wildman–Crippen MR) is 433 cm³/mol. The van der Waals surface area contributed by atoms with Gasteiger partial charge in [0, 0.05) is 0 Å². The Bertz CT molecular complexity index is 2880. The maximum atomic E-state index is 11.9. The highest BCUT2D eigenvalue weighted by atomic mass is 31.2. The number of fused-ring (bicyclic) bond motifs is 18. The fourth-order valence-corrected chi connectivity index (χ4v) is 29.7. The lowest BCUT2D eigenvalue weighted by Gasteiger charge is -2.30. The molecule has 0 radical (unpaired) electrons. The molecule has 626 valence electrons. The minimum Gasteiger partial charge on any atom is -0.481 e. The van der Waals surface area contributed by atoms with E-state index in [0.29, 0.717) is 76.9 Å². The Balaban J connectivity index is 0.000000132. The molecule has 0 aromatic heterocycles. The molecule has 0 saturated heterocycles. The summed E-state index contributed by atoms with van der Waals surface area (Å²) in [6, 6.07) is 0. The van der Waals surface area contributed by atoms with Crippen LogP contribution in [0.5, 0.6) is 0 Å². The van der Waals surface area contributed by atoms with Crippen molar-refractivity contribution >= 4 is 37.7 Å². The average molecular weight is 1550 g/mol. The van der Waals surface area contributed by atoms with Crippen molar-refractivity contribution in [2.45, 2.75) is 280 Å². The molecule has 18 fully saturated rings. The zero-order valence-corrected chi connectivity index (χ0v) is 73.5. The van der Waals surface area contributed by atoms with Crippen LogP contribution in [0.15, 0.2) is 0 Å². The lowest BCUT2D eigenvalue weighted by molar-refractivity contribution is -0.154. The van der Waals surface area contributed by atoms with Crippen molar-refractivity contribution in [3.8, 4) is 0 Å². The van der Waals surface area contributed by atoms with Gasteiger partial charge in [-0.25, -0.2) is 4.57 Å². The second kappa shape index (κ2) is 37.4. The molecule has 18 rings (SSSR count). The van der Waals surface area contributed by atoms with E-state index in [1.807, 2.05) is 0 Å². The van der Waals surface area contributed by atoms with Crippen LogP contribution in [0.25, 0.3) is 0 Å². The van der Waals surface area contributed by atoms with E-state index in [0.717, 1.165) is 192 Å². The van der Waals surface area contributed by atoms with E-state index in [1.165, 1.54) is 64.9 Å². The van der Waals surface area contributed by atoms with Crippen LogP contribution in [0.3, 0.4) is 0 Å². The molecule has 14 nitrogen and oxygen atoms in total. The SMILES string of the molecule is CC1C2CC(C(=O)O)C(C2)C1C.CC1C2CC(C(=O)OCCC(=O)O)C(C2)C1C.CC1C2CC(C(=O)OCCOP(=O)(O)O)C(C2)C1C.CC1C2CCC(C2)C1C.CC1C2CCC(C2)C1C.CC1CC2CC1C(C)C2C.CC1CC2CC1C(C)C2C.CC1CC2CC1C(C)C2C.COC(=O)C1CC2CC1C(C)C2C. The number of hydrogen-bond donors (Lipinski definition) is 4. The summed E-state index contributed by atoms with van der Waals surface area (Å²) >= 11 is 0. The zero-order valence-electron chi connectivity index (χ0n) is 72.6. The number of rotatable bonds is 11. The first-order valence-electron chi connectivity index (χ1n) is 45.8. The van der Waals surface area contributed by atoms with E-state index in [2.05, 4.69) is 150 Å². The molecule has 18 aliphatic carbocycles. The standard InChI is InChI=1S/C13H20O4.C12H21O6P.C11H18O2.C10H16O2.3C10H18.2C9H16/c1-7-8(2)10-5-9(7)6-11(10)13(16)17-4-3-12(14)15;1-7-8(2)10-5-9(7)6-11(10)12(13)17-3-4-18-19(14,15)16;1-6-7(2)9-4-8(6)5-10(9)11(12)13-3;1-5-6(2)8-3-7(5)4-9(8)10(11)12;3*1-6-4-9-5-10(6)8(3)7(9)2;2*1-6-7(2)9-4-3-8(6)5-9/h7-11H,3-6H2,1-2H3,(H,14,15);7-11H,3-6H2,1-2H3,(H2,14,15,16);6-10H,4-5H2,1-3H3;5-9H,3-4H2,1-2H3,(H,11,12);3*6-10H,4-5H2,1-3H3;2*6-9H,3-5H2,1-2H3. The molecule has 15 heteroatoms. The third-order valence-corrected chi connectivity index (χ3v) is 39.0. The van der Waals surface area contributed by atoms with Gasteiger partial charge in [-0.1, -0.05) is 145 Å². The zero-order chi connectivity index (χ0) is 80.0. The maximum absolute atomic E-state index is 11.9. The van der Waals surface area contributed by atoms with Crippen molar-refractivity contribution in [2.75, 3.05) is 26.9 Å². The molecule has 0 amide bonds. The van der Waals surface area contributed by atoms with Crippen LogP contribution in [0.2, 0.25) is 0 Å². The maximum Gasteiger partial charge on any atom is 0.469 e. The van der Waals surface area contributed by atoms with Crippen LogP contribution in [0.1, 0.15) is 280 Å². The number of ether oxygens (including phenoxy) is 3. The quantitative estimate of drug-likeness (QED) is 0.0654. The number of aliphatic carboxylic acids is 2. The van der Waals surface area contributed by atoms with E-state index >= 15 is 0 Å². The molecule has 43 atom stereocenters. The third-order valence-electron chi connectivity index (χ3n) is 38.5. The second-order valence-electron chi connectivity index (χ2n) is 42.4. The monoisotopic (exact) mass is 1550 g/mol. The minimum absolute atomic E-state index is 0.00594. The summed E-state index contributed by atoms with van der Waals surface area (Å²) in [6.07, 6.45) is 26.9. The molecule has 18 aliphatic rings. The number of hydrogen-bond acceptors (Lipinski definition) is 10. The Kier molecular flexibility index (Phi) is 30.5. The van der Waals surface area contributed by atoms with Crippen molar-refractivity contribution in [2.24, 2.45) is 254 Å². The molecular weight excluding hydrogens is 1380 g/mol. The molecule has 18 saturated carbocycles. The highest BCUT2D eigenvalue weighted by Gasteiger charge is 2.56. The van der Waals surface area contributed by atoms with Gasteiger partial charge >= 0.3 is 37.7 Å². The van der Waals surface area contributed by atoms with Gasteiger partial charge in [-0.05, 0) is 359 Å². The molecule has 0 aromatic rings. The van der Waals surface area contributed by atoms with Crippen LogP contribution in [0.4, 0.5) is 0 Å². The van der Waals surface area contributed by atoms with Crippen LogP contribution < -0.4 is 0 Å². The number of carboxylic acids is 2. The minimum atomic E-state index is -4.47. The average Bonchev–Trinajstić information content (AvgIpc) is 1.64. The summed E-state index contributed by atoms with van der Waals surface area (Å²) in [5, 5.41) is 17.4. The molecule has 109 heavy (non-hydrogen) atoms. The molecule has 0 spiro atoms. The summed E-state index contributed by atoms with van der Waals surface area (Å²) in [7, 11) is -2.97. The van der Waals surface area contributed by atoms with Gasteiger partial charge in [0.25, 0.3) is 0 Å². The van der Waals surface area contributed by atoms with Gasteiger partial charge < -0.3 is 34.2 Å². The fourth-order valence-electron chi connectivity index (χ4n) is 29.4. The van der Waals surface area contributed by atoms with E-state index < -0.39 is 19.8 Å². The van der Waals surface area contributed by atoms with E-state index in [9.17, 15) is 28.5 Å². The molecule has 4 N–H and O–H groups in total. The van der Waals surface area contributed by atoms with Crippen molar-refractivity contribution in [1.29, 1.82) is 0 Å². The summed E-state index contributed by atoms with van der Waals surface area (Å²) < 4.78 is 29.6. The molecule has 43 unspecified atom stereocenters. The molecule has 18 bridgehead atoms.